The van der Waals surface area contributed by atoms with Gasteiger partial charge in [-0.1, -0.05) is 74.5 Å². The SMILES string of the molecule is CCC(C=COC=CC(CC)c1ccccc1)c1ccccc1. The molecule has 23 heavy (non-hydrogen) atoms. The van der Waals surface area contributed by atoms with Crippen LogP contribution in [0.1, 0.15) is 49.7 Å². The molecule has 1 heteroatoms. The first-order valence-electron chi connectivity index (χ1n) is 8.43. The normalized spacial score (nSPS) is 14.2. The zero-order chi connectivity index (χ0) is 16.3. The van der Waals surface area contributed by atoms with E-state index in [0.717, 1.165) is 12.8 Å². The van der Waals surface area contributed by atoms with Crippen LogP contribution in [0.2, 0.25) is 0 Å². The van der Waals surface area contributed by atoms with Gasteiger partial charge in [0.1, 0.15) is 0 Å². The molecule has 0 bridgehead atoms. The van der Waals surface area contributed by atoms with E-state index in [9.17, 15) is 0 Å². The smallest absolute Gasteiger partial charge is 0.0867 e. The van der Waals surface area contributed by atoms with Crippen LogP contribution in [0.15, 0.2) is 85.3 Å². The van der Waals surface area contributed by atoms with Gasteiger partial charge in [0.05, 0.1) is 12.5 Å². The maximum absolute atomic E-state index is 5.58. The van der Waals surface area contributed by atoms with Crippen molar-refractivity contribution in [2.75, 3.05) is 0 Å². The summed E-state index contributed by atoms with van der Waals surface area (Å²) in [6, 6.07) is 21.1. The standard InChI is InChI=1S/C22H26O/c1-3-19(21-11-7-5-8-12-21)15-17-23-18-16-20(4-2)22-13-9-6-10-14-22/h5-20H,3-4H2,1-2H3. The Morgan fingerprint density at radius 3 is 1.43 bits per heavy atom. The van der Waals surface area contributed by atoms with E-state index in [-0.39, 0.29) is 0 Å². The summed E-state index contributed by atoms with van der Waals surface area (Å²) in [5.41, 5.74) is 2.66. The Balaban J connectivity index is 1.90. The van der Waals surface area contributed by atoms with Crippen molar-refractivity contribution in [3.8, 4) is 0 Å². The number of allylic oxidation sites excluding steroid dienone is 2. The van der Waals surface area contributed by atoms with Gasteiger partial charge in [-0.15, -0.1) is 0 Å². The maximum Gasteiger partial charge on any atom is 0.0867 e. The summed E-state index contributed by atoms with van der Waals surface area (Å²) in [7, 11) is 0. The molecule has 0 fully saturated rings. The molecule has 2 aromatic rings. The molecule has 0 saturated carbocycles. The minimum absolute atomic E-state index is 0.403. The van der Waals surface area contributed by atoms with E-state index in [1.807, 2.05) is 12.1 Å². The molecule has 2 atom stereocenters. The van der Waals surface area contributed by atoms with Crippen molar-refractivity contribution in [2.24, 2.45) is 0 Å². The lowest BCUT2D eigenvalue weighted by Crippen LogP contribution is -1.93. The summed E-state index contributed by atoms with van der Waals surface area (Å²) in [5.74, 6) is 0.807. The highest BCUT2D eigenvalue weighted by atomic mass is 16.5. The highest BCUT2D eigenvalue weighted by Crippen LogP contribution is 2.22. The van der Waals surface area contributed by atoms with Crippen LogP contribution in [0, 0.1) is 0 Å². The van der Waals surface area contributed by atoms with Gasteiger partial charge in [-0.05, 0) is 36.1 Å². The van der Waals surface area contributed by atoms with Crippen molar-refractivity contribution < 1.29 is 4.74 Å². The van der Waals surface area contributed by atoms with Gasteiger partial charge < -0.3 is 4.74 Å². The second kappa shape index (κ2) is 9.68. The Hall–Kier alpha value is -2.28. The molecule has 2 aromatic carbocycles. The molecule has 0 aromatic heterocycles. The van der Waals surface area contributed by atoms with Crippen LogP contribution in [0.3, 0.4) is 0 Å². The minimum atomic E-state index is 0.403. The van der Waals surface area contributed by atoms with Gasteiger partial charge in [0.2, 0.25) is 0 Å². The van der Waals surface area contributed by atoms with Gasteiger partial charge in [-0.2, -0.15) is 0 Å². The lowest BCUT2D eigenvalue weighted by molar-refractivity contribution is 0.395. The van der Waals surface area contributed by atoms with Crippen molar-refractivity contribution in [3.05, 3.63) is 96.5 Å². The summed E-state index contributed by atoms with van der Waals surface area (Å²) in [5, 5.41) is 0. The fraction of sp³-hybridized carbons (Fsp3) is 0.273. The van der Waals surface area contributed by atoms with Crippen LogP contribution in [-0.2, 0) is 4.74 Å². The molecule has 0 N–H and O–H groups in total. The zero-order valence-electron chi connectivity index (χ0n) is 14.1. The van der Waals surface area contributed by atoms with Crippen LogP contribution in [0.4, 0.5) is 0 Å². The van der Waals surface area contributed by atoms with Gasteiger partial charge in [-0.3, -0.25) is 0 Å². The van der Waals surface area contributed by atoms with Crippen molar-refractivity contribution in [3.63, 3.8) is 0 Å². The molecular weight excluding hydrogens is 280 g/mol. The molecule has 0 aliphatic heterocycles. The largest absolute Gasteiger partial charge is 0.473 e. The molecule has 0 saturated heterocycles. The highest BCUT2D eigenvalue weighted by Gasteiger charge is 2.05. The van der Waals surface area contributed by atoms with Crippen molar-refractivity contribution in [1.82, 2.24) is 0 Å². The van der Waals surface area contributed by atoms with Crippen LogP contribution >= 0.6 is 0 Å². The second-order valence-electron chi connectivity index (χ2n) is 5.64. The first-order valence-corrected chi connectivity index (χ1v) is 8.43. The van der Waals surface area contributed by atoms with E-state index in [1.165, 1.54) is 11.1 Å². The average molecular weight is 306 g/mol. The van der Waals surface area contributed by atoms with Gasteiger partial charge in [0.25, 0.3) is 0 Å². The molecule has 0 amide bonds. The zero-order valence-corrected chi connectivity index (χ0v) is 14.1. The quantitative estimate of drug-likeness (QED) is 0.511. The molecule has 0 radical (unpaired) electrons. The van der Waals surface area contributed by atoms with Crippen molar-refractivity contribution in [1.29, 1.82) is 0 Å². The highest BCUT2D eigenvalue weighted by molar-refractivity contribution is 5.24. The predicted molar refractivity (Wildman–Crippen MR) is 98.3 cm³/mol. The van der Waals surface area contributed by atoms with Crippen molar-refractivity contribution in [2.45, 2.75) is 38.5 Å². The van der Waals surface area contributed by atoms with Gasteiger partial charge in [0, 0.05) is 11.8 Å². The van der Waals surface area contributed by atoms with Gasteiger partial charge in [-0.25, -0.2) is 0 Å². The third kappa shape index (κ3) is 5.45. The molecule has 0 aliphatic carbocycles. The Morgan fingerprint density at radius 2 is 1.09 bits per heavy atom. The molecule has 0 spiro atoms. The molecule has 2 rings (SSSR count). The Kier molecular flexibility index (Phi) is 7.19. The third-order valence-electron chi connectivity index (χ3n) is 4.11. The van der Waals surface area contributed by atoms with Crippen molar-refractivity contribution >= 4 is 0 Å². The Bertz CT molecular complexity index is 543. The van der Waals surface area contributed by atoms with E-state index in [0.29, 0.717) is 11.8 Å². The van der Waals surface area contributed by atoms with Crippen LogP contribution in [0.25, 0.3) is 0 Å². The second-order valence-corrected chi connectivity index (χ2v) is 5.64. The minimum Gasteiger partial charge on any atom is -0.473 e. The fourth-order valence-electron chi connectivity index (χ4n) is 2.69. The number of hydrogen-bond donors (Lipinski definition) is 0. The number of rotatable bonds is 8. The van der Waals surface area contributed by atoms with Crippen LogP contribution in [-0.4, -0.2) is 0 Å². The van der Waals surface area contributed by atoms with E-state index < -0.39 is 0 Å². The molecule has 0 aliphatic rings. The van der Waals surface area contributed by atoms with Gasteiger partial charge >= 0.3 is 0 Å². The molecule has 2 unspecified atom stereocenters. The summed E-state index contributed by atoms with van der Waals surface area (Å²) < 4.78 is 5.58. The lowest BCUT2D eigenvalue weighted by Gasteiger charge is -2.10. The summed E-state index contributed by atoms with van der Waals surface area (Å²) in [6.45, 7) is 4.39. The number of ether oxygens (including phenoxy) is 1. The lowest BCUT2D eigenvalue weighted by atomic mass is 9.97. The summed E-state index contributed by atoms with van der Waals surface area (Å²) in [4.78, 5) is 0. The Morgan fingerprint density at radius 1 is 0.696 bits per heavy atom. The van der Waals surface area contributed by atoms with E-state index >= 15 is 0 Å². The topological polar surface area (TPSA) is 9.23 Å². The van der Waals surface area contributed by atoms with E-state index in [1.54, 1.807) is 12.5 Å². The third-order valence-corrected chi connectivity index (χ3v) is 4.11. The first-order chi connectivity index (χ1) is 11.3. The molecular formula is C22H26O. The average Bonchev–Trinajstić information content (AvgIpc) is 2.63. The van der Waals surface area contributed by atoms with Gasteiger partial charge in [0.15, 0.2) is 0 Å². The number of hydrogen-bond acceptors (Lipinski definition) is 1. The molecule has 1 nitrogen and oxygen atoms in total. The summed E-state index contributed by atoms with van der Waals surface area (Å²) in [6.07, 6.45) is 9.99. The summed E-state index contributed by atoms with van der Waals surface area (Å²) >= 11 is 0. The van der Waals surface area contributed by atoms with Crippen LogP contribution < -0.4 is 0 Å². The maximum atomic E-state index is 5.58. The predicted octanol–water partition coefficient (Wildman–Crippen LogP) is 6.42. The van der Waals surface area contributed by atoms with Crippen LogP contribution in [0.5, 0.6) is 0 Å². The Labute approximate surface area is 140 Å². The molecule has 0 heterocycles. The first kappa shape index (κ1) is 17.1. The monoisotopic (exact) mass is 306 g/mol. The fourth-order valence-corrected chi connectivity index (χ4v) is 2.69. The van der Waals surface area contributed by atoms with E-state index in [4.69, 9.17) is 4.74 Å². The number of benzene rings is 2. The molecule has 120 valence electrons. The van der Waals surface area contributed by atoms with E-state index in [2.05, 4.69) is 74.5 Å².